The molecule has 8 atom stereocenters. The fraction of sp³-hybridized carbons (Fsp3) is 0.647. The van der Waals surface area contributed by atoms with Crippen molar-refractivity contribution in [2.75, 3.05) is 13.1 Å². The molecule has 1 aromatic carbocycles. The number of nitrogens with one attached hydrogen (secondary N) is 2. The molecule has 2 amide bonds. The van der Waals surface area contributed by atoms with Gasteiger partial charge in [-0.05, 0) is 78.8 Å². The second-order valence-electron chi connectivity index (χ2n) is 14.3. The van der Waals surface area contributed by atoms with Gasteiger partial charge in [-0.15, -0.1) is 6.58 Å². The number of hydrogen-bond donors (Lipinski definition) is 5. The normalized spacial score (nSPS) is 35.9. The molecular formula is C34H47IN2O10. The first kappa shape index (κ1) is 37.1. The molecule has 13 heteroatoms. The Hall–Kier alpha value is -2.75. The molecule has 0 radical (unpaired) electrons. The Kier molecular flexibility index (Phi) is 10.5. The minimum Gasteiger partial charge on any atom is -0.507 e. The summed E-state index contributed by atoms with van der Waals surface area (Å²) >= 11 is 2.02. The summed E-state index contributed by atoms with van der Waals surface area (Å²) in [5, 5.41) is 39.3. The summed E-state index contributed by atoms with van der Waals surface area (Å²) in [6.07, 6.45) is -2.10. The fourth-order valence-corrected chi connectivity index (χ4v) is 8.91. The molecule has 1 aromatic rings. The molecule has 260 valence electrons. The minimum absolute atomic E-state index is 0.0192. The van der Waals surface area contributed by atoms with E-state index in [9.17, 15) is 34.5 Å². The lowest BCUT2D eigenvalue weighted by molar-refractivity contribution is -0.369. The first-order valence-corrected chi connectivity index (χ1v) is 17.0. The van der Waals surface area contributed by atoms with Crippen LogP contribution in [0.2, 0.25) is 0 Å². The van der Waals surface area contributed by atoms with E-state index in [1.165, 1.54) is 19.9 Å². The zero-order valence-corrected chi connectivity index (χ0v) is 30.0. The van der Waals surface area contributed by atoms with Crippen LogP contribution in [0.3, 0.4) is 0 Å². The molecule has 1 aliphatic heterocycles. The number of aromatic hydroxyl groups is 1. The van der Waals surface area contributed by atoms with Crippen molar-refractivity contribution >= 4 is 46.3 Å². The fourth-order valence-electron chi connectivity index (χ4n) is 8.33. The number of Topliss-reactive ketones (excluding diaryl/α,β-unsaturated/α-hetero) is 1. The highest BCUT2D eigenvalue weighted by molar-refractivity contribution is 14.1. The van der Waals surface area contributed by atoms with E-state index < -0.39 is 69.7 Å². The van der Waals surface area contributed by atoms with Gasteiger partial charge in [-0.25, -0.2) is 4.79 Å². The average molecular weight is 769 g/mol. The number of ketones is 1. The van der Waals surface area contributed by atoms with Gasteiger partial charge >= 0.3 is 12.1 Å². The van der Waals surface area contributed by atoms with E-state index in [2.05, 4.69) is 17.2 Å². The number of carbonyl (C=O) groups is 4. The van der Waals surface area contributed by atoms with Gasteiger partial charge in [0.2, 0.25) is 5.91 Å². The van der Waals surface area contributed by atoms with Crippen molar-refractivity contribution in [3.8, 4) is 5.75 Å². The quantitative estimate of drug-likeness (QED) is 0.108. The van der Waals surface area contributed by atoms with Gasteiger partial charge in [0.05, 0.1) is 15.3 Å². The number of phenols is 1. The number of halogens is 1. The predicted molar refractivity (Wildman–Crippen MR) is 179 cm³/mol. The Morgan fingerprint density at radius 2 is 1.79 bits per heavy atom. The lowest BCUT2D eigenvalue weighted by atomic mass is 9.39. The summed E-state index contributed by atoms with van der Waals surface area (Å²) in [6.45, 7) is 13.6. The van der Waals surface area contributed by atoms with E-state index in [1.54, 1.807) is 32.0 Å². The molecular weight excluding hydrogens is 721 g/mol. The van der Waals surface area contributed by atoms with Crippen LogP contribution in [0.15, 0.2) is 30.9 Å². The van der Waals surface area contributed by atoms with Gasteiger partial charge in [0.1, 0.15) is 17.5 Å². The number of phenolic OH excluding ortho intramolecular Hbond substituents is 1. The van der Waals surface area contributed by atoms with Crippen molar-refractivity contribution < 1.29 is 48.7 Å². The van der Waals surface area contributed by atoms with Crippen molar-refractivity contribution in [1.29, 1.82) is 0 Å². The third-order valence-electron chi connectivity index (χ3n) is 10.6. The van der Waals surface area contributed by atoms with Crippen LogP contribution < -0.4 is 10.6 Å². The Balaban J connectivity index is 1.56. The maximum absolute atomic E-state index is 14.1. The van der Waals surface area contributed by atoms with Gasteiger partial charge in [0.25, 0.3) is 0 Å². The average Bonchev–Trinajstić information content (AvgIpc) is 2.98. The van der Waals surface area contributed by atoms with Crippen LogP contribution in [0.1, 0.15) is 72.8 Å². The van der Waals surface area contributed by atoms with E-state index in [0.717, 1.165) is 5.56 Å². The monoisotopic (exact) mass is 768 g/mol. The molecule has 0 bridgehead atoms. The van der Waals surface area contributed by atoms with Crippen molar-refractivity contribution in [1.82, 2.24) is 10.6 Å². The van der Waals surface area contributed by atoms with Crippen molar-refractivity contribution in [3.63, 3.8) is 0 Å². The van der Waals surface area contributed by atoms with Crippen molar-refractivity contribution in [2.45, 2.75) is 109 Å². The molecule has 3 aliphatic rings. The lowest BCUT2D eigenvalue weighted by Crippen LogP contribution is -2.87. The summed E-state index contributed by atoms with van der Waals surface area (Å²) in [6, 6.07) is 5.14. The summed E-state index contributed by atoms with van der Waals surface area (Å²) in [5.74, 6) is -2.23. The largest absolute Gasteiger partial charge is 0.507 e. The number of aliphatic hydroxyl groups is 2. The van der Waals surface area contributed by atoms with E-state index in [0.29, 0.717) is 16.4 Å². The third-order valence-corrected chi connectivity index (χ3v) is 11.5. The first-order chi connectivity index (χ1) is 21.8. The number of hydrogen-bond acceptors (Lipinski definition) is 10. The summed E-state index contributed by atoms with van der Waals surface area (Å²) in [5.41, 5.74) is -6.90. The summed E-state index contributed by atoms with van der Waals surface area (Å²) in [4.78, 5) is 52.5. The standard InChI is InChI=1S/C34H47IN2O10/c1-8-31(5)18-24(41)34(44)32(6)23(40)13-14-30(3,4)27(32)26(28(45-19(2)38)33(34,7)47-31)46-29(43)37-16-15-36-25(42)12-10-20-9-11-22(39)21(35)17-20/h8-9,11,17,23,26-28,39-40,44H,1,10,12-16,18H2,2-7H3,(H,36,42)(H,37,43)/t23-,26-,27-,28-,31-,32-,33+,34-/m0/s1/i35-2. The predicted octanol–water partition coefficient (Wildman–Crippen LogP) is 3.31. The highest BCUT2D eigenvalue weighted by Crippen LogP contribution is 2.67. The van der Waals surface area contributed by atoms with Crippen molar-refractivity contribution in [3.05, 3.63) is 40.0 Å². The van der Waals surface area contributed by atoms with Crippen LogP contribution in [-0.4, -0.2) is 87.3 Å². The summed E-state index contributed by atoms with van der Waals surface area (Å²) < 4.78 is 19.0. The number of fused-ring (bicyclic) bond motifs is 3. The summed E-state index contributed by atoms with van der Waals surface area (Å²) in [7, 11) is 0. The molecule has 47 heavy (non-hydrogen) atoms. The molecule has 0 unspecified atom stereocenters. The molecule has 12 nitrogen and oxygen atoms in total. The molecule has 1 saturated heterocycles. The van der Waals surface area contributed by atoms with E-state index >= 15 is 0 Å². The van der Waals surface area contributed by atoms with Gasteiger partial charge in [0.15, 0.2) is 17.5 Å². The number of amides is 2. The van der Waals surface area contributed by atoms with E-state index in [-0.39, 0.29) is 44.0 Å². The number of carbonyl (C=O) groups excluding carboxylic acids is 4. The maximum Gasteiger partial charge on any atom is 0.407 e. The molecule has 2 saturated carbocycles. The van der Waals surface area contributed by atoms with Crippen LogP contribution >= 0.6 is 22.6 Å². The second-order valence-corrected chi connectivity index (χ2v) is 15.5. The Bertz CT molecular complexity index is 1440. The number of alkyl carbamates (subject to hydrolysis) is 1. The number of ether oxygens (including phenoxy) is 3. The molecule has 1 heterocycles. The van der Waals surface area contributed by atoms with E-state index in [4.69, 9.17) is 14.2 Å². The zero-order chi connectivity index (χ0) is 35.2. The molecule has 4 rings (SSSR count). The maximum atomic E-state index is 14.1. The highest BCUT2D eigenvalue weighted by Gasteiger charge is 2.82. The third kappa shape index (κ3) is 6.52. The van der Waals surface area contributed by atoms with Gasteiger partial charge in [-0.3, -0.25) is 14.4 Å². The Labute approximate surface area is 289 Å². The Morgan fingerprint density at radius 3 is 2.40 bits per heavy atom. The van der Waals surface area contributed by atoms with Gasteiger partial charge in [0, 0.05) is 44.2 Å². The number of aliphatic hydroxyl groups excluding tert-OH is 1. The van der Waals surface area contributed by atoms with Crippen molar-refractivity contribution in [2.24, 2.45) is 16.7 Å². The minimum atomic E-state index is -2.33. The Morgan fingerprint density at radius 1 is 1.13 bits per heavy atom. The van der Waals surface area contributed by atoms with Gasteiger partial charge in [-0.1, -0.05) is 32.9 Å². The molecule has 3 fully saturated rings. The molecule has 0 spiro atoms. The van der Waals surface area contributed by atoms with Crippen LogP contribution in [0.5, 0.6) is 5.75 Å². The number of benzene rings is 1. The zero-order valence-electron chi connectivity index (χ0n) is 27.9. The lowest BCUT2D eigenvalue weighted by Gasteiger charge is -2.71. The number of rotatable bonds is 9. The molecule has 2 aliphatic carbocycles. The SMILES string of the molecule is C=C[C@@]1(C)CC(=O)[C@]2(O)[C@@]3(C)[C@@H](O)CCC(C)(C)[C@@H]3[C@H](OC(=O)NCCNC(=O)CCc3ccc(O)c([125I])c3)[C@H](OC(C)=O)[C@@]2(C)O1. The van der Waals surface area contributed by atoms with Crippen LogP contribution in [0.25, 0.3) is 0 Å². The van der Waals surface area contributed by atoms with Crippen LogP contribution in [0.4, 0.5) is 4.79 Å². The number of esters is 1. The highest BCUT2D eigenvalue weighted by atomic mass is 125. The topological polar surface area (TPSA) is 181 Å². The number of aryl methyl sites for hydroxylation is 1. The molecule has 0 aromatic heterocycles. The second kappa shape index (κ2) is 13.3. The smallest absolute Gasteiger partial charge is 0.407 e. The van der Waals surface area contributed by atoms with Gasteiger partial charge < -0.3 is 40.2 Å². The molecule has 5 N–H and O–H groups in total. The first-order valence-electron chi connectivity index (χ1n) is 15.9. The van der Waals surface area contributed by atoms with Gasteiger partial charge in [-0.2, -0.15) is 0 Å². The van der Waals surface area contributed by atoms with Crippen LogP contribution in [0, 0.1) is 20.3 Å². The van der Waals surface area contributed by atoms with E-state index in [1.807, 2.05) is 36.4 Å². The van der Waals surface area contributed by atoms with Crippen LogP contribution in [-0.2, 0) is 35.0 Å².